The molecule has 0 unspecified atom stereocenters. The van der Waals surface area contributed by atoms with Crippen LogP contribution < -0.4 is 5.32 Å². The highest BCUT2D eigenvalue weighted by molar-refractivity contribution is 6.33. The summed E-state index contributed by atoms with van der Waals surface area (Å²) < 4.78 is 1.64. The standard InChI is InChI=1S/C18H17ClN4O/c1-13-16(18(24)21-11-15-9-5-6-10-20-15)17(19)23(22-13)12-14-7-3-2-4-8-14/h2-10H,11-12H2,1H3,(H,21,24). The topological polar surface area (TPSA) is 59.8 Å². The van der Waals surface area contributed by atoms with E-state index in [1.54, 1.807) is 17.8 Å². The smallest absolute Gasteiger partial charge is 0.256 e. The van der Waals surface area contributed by atoms with Gasteiger partial charge in [0.25, 0.3) is 5.91 Å². The first-order valence-electron chi connectivity index (χ1n) is 7.60. The molecule has 1 N–H and O–H groups in total. The Morgan fingerprint density at radius 2 is 1.92 bits per heavy atom. The van der Waals surface area contributed by atoms with Gasteiger partial charge in [-0.25, -0.2) is 4.68 Å². The van der Waals surface area contributed by atoms with Crippen molar-refractivity contribution in [1.29, 1.82) is 0 Å². The fourth-order valence-electron chi connectivity index (χ4n) is 2.43. The molecule has 0 fully saturated rings. The number of benzene rings is 1. The molecule has 0 aliphatic heterocycles. The third-order valence-electron chi connectivity index (χ3n) is 3.62. The molecular formula is C18H17ClN4O. The van der Waals surface area contributed by atoms with Gasteiger partial charge in [-0.1, -0.05) is 48.0 Å². The van der Waals surface area contributed by atoms with Gasteiger partial charge in [0.15, 0.2) is 0 Å². The highest BCUT2D eigenvalue weighted by Gasteiger charge is 2.20. The molecule has 5 nitrogen and oxygen atoms in total. The second-order valence-electron chi connectivity index (χ2n) is 5.40. The molecule has 2 heterocycles. The summed E-state index contributed by atoms with van der Waals surface area (Å²) in [5.74, 6) is -0.248. The van der Waals surface area contributed by atoms with Crippen molar-refractivity contribution in [3.05, 3.63) is 82.4 Å². The molecule has 24 heavy (non-hydrogen) atoms. The van der Waals surface area contributed by atoms with E-state index in [0.29, 0.717) is 29.5 Å². The van der Waals surface area contributed by atoms with Crippen LogP contribution in [0.3, 0.4) is 0 Å². The fourth-order valence-corrected chi connectivity index (χ4v) is 2.75. The predicted molar refractivity (Wildman–Crippen MR) is 92.9 cm³/mol. The van der Waals surface area contributed by atoms with Gasteiger partial charge in [0.1, 0.15) is 5.15 Å². The van der Waals surface area contributed by atoms with Gasteiger partial charge in [0.2, 0.25) is 0 Å². The van der Waals surface area contributed by atoms with E-state index in [1.807, 2.05) is 48.5 Å². The van der Waals surface area contributed by atoms with E-state index in [0.717, 1.165) is 11.3 Å². The highest BCUT2D eigenvalue weighted by Crippen LogP contribution is 2.21. The van der Waals surface area contributed by atoms with Crippen LogP contribution in [0.25, 0.3) is 0 Å². The van der Waals surface area contributed by atoms with Gasteiger partial charge in [0.05, 0.1) is 30.0 Å². The molecule has 0 atom stereocenters. The molecule has 0 saturated carbocycles. The van der Waals surface area contributed by atoms with E-state index in [2.05, 4.69) is 15.4 Å². The maximum Gasteiger partial charge on any atom is 0.256 e. The van der Waals surface area contributed by atoms with Crippen LogP contribution in [-0.4, -0.2) is 20.7 Å². The first-order valence-corrected chi connectivity index (χ1v) is 7.98. The van der Waals surface area contributed by atoms with Gasteiger partial charge >= 0.3 is 0 Å². The SMILES string of the molecule is Cc1nn(Cc2ccccc2)c(Cl)c1C(=O)NCc1ccccn1. The van der Waals surface area contributed by atoms with Crippen LogP contribution in [0.1, 0.15) is 27.3 Å². The van der Waals surface area contributed by atoms with E-state index >= 15 is 0 Å². The van der Waals surface area contributed by atoms with Gasteiger partial charge in [-0.2, -0.15) is 5.10 Å². The molecular weight excluding hydrogens is 324 g/mol. The van der Waals surface area contributed by atoms with E-state index < -0.39 is 0 Å². The minimum absolute atomic E-state index is 0.248. The van der Waals surface area contributed by atoms with Crippen molar-refractivity contribution >= 4 is 17.5 Å². The molecule has 0 spiro atoms. The lowest BCUT2D eigenvalue weighted by atomic mass is 10.2. The Morgan fingerprint density at radius 3 is 2.62 bits per heavy atom. The Balaban J connectivity index is 1.74. The molecule has 3 rings (SSSR count). The maximum absolute atomic E-state index is 12.4. The number of carbonyl (C=O) groups is 1. The van der Waals surface area contributed by atoms with Crippen molar-refractivity contribution in [2.45, 2.75) is 20.0 Å². The molecule has 0 saturated heterocycles. The average molecular weight is 341 g/mol. The van der Waals surface area contributed by atoms with Crippen molar-refractivity contribution in [2.24, 2.45) is 0 Å². The summed E-state index contributed by atoms with van der Waals surface area (Å²) >= 11 is 6.38. The number of carbonyl (C=O) groups excluding carboxylic acids is 1. The summed E-state index contributed by atoms with van der Waals surface area (Å²) in [4.78, 5) is 16.6. The molecule has 6 heteroatoms. The zero-order valence-electron chi connectivity index (χ0n) is 13.2. The normalized spacial score (nSPS) is 10.6. The average Bonchev–Trinajstić information content (AvgIpc) is 2.88. The Labute approximate surface area is 145 Å². The number of aromatic nitrogens is 3. The zero-order chi connectivity index (χ0) is 16.9. The molecule has 0 bridgehead atoms. The number of pyridine rings is 1. The van der Waals surface area contributed by atoms with Gasteiger partial charge in [-0.15, -0.1) is 0 Å². The predicted octanol–water partition coefficient (Wildman–Crippen LogP) is 3.22. The van der Waals surface area contributed by atoms with Crippen molar-refractivity contribution in [3.63, 3.8) is 0 Å². The first-order chi connectivity index (χ1) is 11.6. The van der Waals surface area contributed by atoms with Gasteiger partial charge < -0.3 is 5.32 Å². The summed E-state index contributed by atoms with van der Waals surface area (Å²) in [7, 11) is 0. The summed E-state index contributed by atoms with van der Waals surface area (Å²) in [6, 6.07) is 15.4. The Kier molecular flexibility index (Phi) is 4.91. The molecule has 3 aromatic rings. The lowest BCUT2D eigenvalue weighted by molar-refractivity contribution is 0.0950. The number of nitrogens with one attached hydrogen (secondary N) is 1. The minimum Gasteiger partial charge on any atom is -0.346 e. The fraction of sp³-hybridized carbons (Fsp3) is 0.167. The molecule has 1 aromatic carbocycles. The van der Waals surface area contributed by atoms with Gasteiger partial charge in [0, 0.05) is 6.20 Å². The Bertz CT molecular complexity index is 831. The second kappa shape index (κ2) is 7.27. The van der Waals surface area contributed by atoms with Crippen LogP contribution in [0.15, 0.2) is 54.7 Å². The van der Waals surface area contributed by atoms with Crippen LogP contribution >= 0.6 is 11.6 Å². The van der Waals surface area contributed by atoms with Crippen molar-refractivity contribution in [1.82, 2.24) is 20.1 Å². The quantitative estimate of drug-likeness (QED) is 0.775. The number of amides is 1. The van der Waals surface area contributed by atoms with E-state index in [4.69, 9.17) is 11.6 Å². The summed E-state index contributed by atoms with van der Waals surface area (Å²) in [6.07, 6.45) is 1.69. The summed E-state index contributed by atoms with van der Waals surface area (Å²) in [5.41, 5.74) is 2.87. The maximum atomic E-state index is 12.4. The number of hydrogen-bond acceptors (Lipinski definition) is 3. The number of halogens is 1. The largest absolute Gasteiger partial charge is 0.346 e. The molecule has 2 aromatic heterocycles. The van der Waals surface area contributed by atoms with Crippen LogP contribution in [-0.2, 0) is 13.1 Å². The first kappa shape index (κ1) is 16.2. The number of aryl methyl sites for hydroxylation is 1. The highest BCUT2D eigenvalue weighted by atomic mass is 35.5. The third kappa shape index (κ3) is 3.63. The Hall–Kier alpha value is -2.66. The van der Waals surface area contributed by atoms with E-state index in [-0.39, 0.29) is 5.91 Å². The van der Waals surface area contributed by atoms with Crippen LogP contribution in [0.5, 0.6) is 0 Å². The van der Waals surface area contributed by atoms with Crippen LogP contribution in [0.2, 0.25) is 5.15 Å². The zero-order valence-corrected chi connectivity index (χ0v) is 14.0. The lowest BCUT2D eigenvalue weighted by Gasteiger charge is -2.05. The lowest BCUT2D eigenvalue weighted by Crippen LogP contribution is -2.24. The number of rotatable bonds is 5. The monoisotopic (exact) mass is 340 g/mol. The van der Waals surface area contributed by atoms with E-state index in [1.165, 1.54) is 0 Å². The van der Waals surface area contributed by atoms with Crippen LogP contribution in [0.4, 0.5) is 0 Å². The van der Waals surface area contributed by atoms with Crippen LogP contribution in [0, 0.1) is 6.92 Å². The van der Waals surface area contributed by atoms with Crippen molar-refractivity contribution in [3.8, 4) is 0 Å². The molecule has 1 amide bonds. The van der Waals surface area contributed by atoms with Gasteiger partial charge in [-0.3, -0.25) is 9.78 Å². The summed E-state index contributed by atoms with van der Waals surface area (Å²) in [6.45, 7) is 2.65. The van der Waals surface area contributed by atoms with Crippen molar-refractivity contribution in [2.75, 3.05) is 0 Å². The summed E-state index contributed by atoms with van der Waals surface area (Å²) in [5, 5.41) is 7.57. The number of hydrogen-bond donors (Lipinski definition) is 1. The van der Waals surface area contributed by atoms with Gasteiger partial charge in [-0.05, 0) is 24.6 Å². The molecule has 0 aliphatic carbocycles. The Morgan fingerprint density at radius 1 is 1.17 bits per heavy atom. The number of nitrogens with zero attached hydrogens (tertiary/aromatic N) is 3. The van der Waals surface area contributed by atoms with Crippen molar-refractivity contribution < 1.29 is 4.79 Å². The second-order valence-corrected chi connectivity index (χ2v) is 5.76. The third-order valence-corrected chi connectivity index (χ3v) is 4.01. The van der Waals surface area contributed by atoms with E-state index in [9.17, 15) is 4.79 Å². The molecule has 0 radical (unpaired) electrons. The minimum atomic E-state index is -0.248. The molecule has 0 aliphatic rings. The molecule has 122 valence electrons.